The predicted molar refractivity (Wildman–Crippen MR) is 118 cm³/mol. The molecule has 4 rings (SSSR count). The molecule has 1 fully saturated rings. The number of rotatable bonds is 5. The summed E-state index contributed by atoms with van der Waals surface area (Å²) >= 11 is 5.97. The number of benzene rings is 2. The number of ether oxygens (including phenoxy) is 1. The molecule has 0 aliphatic carbocycles. The zero-order valence-corrected chi connectivity index (χ0v) is 18.0. The van der Waals surface area contributed by atoms with E-state index in [-0.39, 0.29) is 12.6 Å². The van der Waals surface area contributed by atoms with Gasteiger partial charge in [0.25, 0.3) is 5.91 Å². The van der Waals surface area contributed by atoms with Crippen LogP contribution >= 0.6 is 11.6 Å². The highest BCUT2D eigenvalue weighted by atomic mass is 35.5. The number of nitrogens with zero attached hydrogens (tertiary/aromatic N) is 4. The van der Waals surface area contributed by atoms with Crippen molar-refractivity contribution in [3.8, 4) is 5.75 Å². The van der Waals surface area contributed by atoms with Crippen molar-refractivity contribution < 1.29 is 9.53 Å². The van der Waals surface area contributed by atoms with Crippen LogP contribution in [0.15, 0.2) is 54.7 Å². The molecular formula is C23H25ClN4O2. The molecule has 0 unspecified atom stereocenters. The fraction of sp³-hybridized carbons (Fsp3) is 0.304. The van der Waals surface area contributed by atoms with Gasteiger partial charge in [-0.2, -0.15) is 5.10 Å². The first-order valence-corrected chi connectivity index (χ1v) is 10.4. The van der Waals surface area contributed by atoms with E-state index >= 15 is 0 Å². The lowest BCUT2D eigenvalue weighted by molar-refractivity contribution is 0.0738. The second-order valence-electron chi connectivity index (χ2n) is 7.54. The van der Waals surface area contributed by atoms with Crippen LogP contribution in [-0.4, -0.2) is 46.8 Å². The number of anilines is 1. The molecule has 1 saturated heterocycles. The van der Waals surface area contributed by atoms with Gasteiger partial charge >= 0.3 is 0 Å². The summed E-state index contributed by atoms with van der Waals surface area (Å²) in [6, 6.07) is 15.6. The van der Waals surface area contributed by atoms with Crippen molar-refractivity contribution in [2.75, 3.05) is 31.1 Å². The Kier molecular flexibility index (Phi) is 5.95. The van der Waals surface area contributed by atoms with Crippen LogP contribution in [0.25, 0.3) is 0 Å². The van der Waals surface area contributed by atoms with E-state index in [0.29, 0.717) is 18.8 Å². The fourth-order valence-electron chi connectivity index (χ4n) is 3.53. The molecule has 7 heteroatoms. The molecular weight excluding hydrogens is 400 g/mol. The van der Waals surface area contributed by atoms with E-state index in [1.165, 1.54) is 0 Å². The van der Waals surface area contributed by atoms with E-state index in [2.05, 4.69) is 16.1 Å². The van der Waals surface area contributed by atoms with Crippen LogP contribution in [-0.2, 0) is 6.73 Å². The van der Waals surface area contributed by atoms with Gasteiger partial charge < -0.3 is 14.5 Å². The molecule has 2 aromatic carbocycles. The third-order valence-corrected chi connectivity index (χ3v) is 5.57. The third-order valence-electron chi connectivity index (χ3n) is 5.31. The summed E-state index contributed by atoms with van der Waals surface area (Å²) in [5, 5.41) is 5.14. The Morgan fingerprint density at radius 1 is 1.03 bits per heavy atom. The number of amides is 1. The van der Waals surface area contributed by atoms with Crippen LogP contribution in [0, 0.1) is 13.8 Å². The van der Waals surface area contributed by atoms with Gasteiger partial charge in [-0.25, -0.2) is 4.68 Å². The van der Waals surface area contributed by atoms with Gasteiger partial charge in [0, 0.05) is 43.1 Å². The molecule has 0 radical (unpaired) electrons. The van der Waals surface area contributed by atoms with E-state index in [4.69, 9.17) is 16.3 Å². The summed E-state index contributed by atoms with van der Waals surface area (Å²) in [7, 11) is 0. The lowest BCUT2D eigenvalue weighted by Gasteiger charge is -2.35. The SMILES string of the molecule is Cc1ccc(C)c(OCn2ccc(C(=O)N3CCN(c4ccc(Cl)cc4)CC3)n2)c1. The standard InChI is InChI=1S/C23H25ClN4O2/c1-17-3-4-18(2)22(15-17)30-16-28-10-9-21(25-28)23(29)27-13-11-26(12-14-27)20-7-5-19(24)6-8-20/h3-10,15H,11-14,16H2,1-2H3. The largest absolute Gasteiger partial charge is 0.471 e. The Morgan fingerprint density at radius 3 is 2.50 bits per heavy atom. The normalized spacial score (nSPS) is 14.1. The van der Waals surface area contributed by atoms with Gasteiger partial charge in [-0.05, 0) is 61.4 Å². The number of piperazine rings is 1. The minimum absolute atomic E-state index is 0.0451. The van der Waals surface area contributed by atoms with Crippen molar-refractivity contribution in [2.24, 2.45) is 0 Å². The maximum atomic E-state index is 12.8. The van der Waals surface area contributed by atoms with Crippen LogP contribution in [0.5, 0.6) is 5.75 Å². The first-order valence-electron chi connectivity index (χ1n) is 10.0. The van der Waals surface area contributed by atoms with E-state index < -0.39 is 0 Å². The molecule has 1 amide bonds. The van der Waals surface area contributed by atoms with Gasteiger partial charge in [0.1, 0.15) is 5.75 Å². The molecule has 1 aromatic heterocycles. The molecule has 0 N–H and O–H groups in total. The molecule has 0 spiro atoms. The average Bonchev–Trinajstić information content (AvgIpc) is 3.24. The van der Waals surface area contributed by atoms with Crippen molar-refractivity contribution >= 4 is 23.2 Å². The number of aromatic nitrogens is 2. The summed E-state index contributed by atoms with van der Waals surface area (Å²) in [4.78, 5) is 17.0. The number of halogens is 1. The quantitative estimate of drug-likeness (QED) is 0.617. The van der Waals surface area contributed by atoms with Gasteiger partial charge in [0.2, 0.25) is 0 Å². The number of hydrogen-bond acceptors (Lipinski definition) is 4. The summed E-state index contributed by atoms with van der Waals surface area (Å²) in [6.45, 7) is 7.19. The Bertz CT molecular complexity index is 1020. The van der Waals surface area contributed by atoms with Crippen molar-refractivity contribution in [1.82, 2.24) is 14.7 Å². The molecule has 3 aromatic rings. The molecule has 30 heavy (non-hydrogen) atoms. The molecule has 0 atom stereocenters. The molecule has 1 aliphatic rings. The maximum Gasteiger partial charge on any atom is 0.274 e. The van der Waals surface area contributed by atoms with Crippen molar-refractivity contribution in [2.45, 2.75) is 20.6 Å². The van der Waals surface area contributed by atoms with E-state index in [0.717, 1.165) is 40.7 Å². The zero-order chi connectivity index (χ0) is 21.1. The number of aryl methyl sites for hydroxylation is 2. The fourth-order valence-corrected chi connectivity index (χ4v) is 3.65. The monoisotopic (exact) mass is 424 g/mol. The van der Waals surface area contributed by atoms with E-state index in [1.54, 1.807) is 16.9 Å². The minimum Gasteiger partial charge on any atom is -0.471 e. The smallest absolute Gasteiger partial charge is 0.274 e. The van der Waals surface area contributed by atoms with Gasteiger partial charge in [-0.1, -0.05) is 23.7 Å². The van der Waals surface area contributed by atoms with Crippen molar-refractivity contribution in [3.05, 3.63) is 76.6 Å². The average molecular weight is 425 g/mol. The molecule has 0 saturated carbocycles. The van der Waals surface area contributed by atoms with Crippen LogP contribution in [0.4, 0.5) is 5.69 Å². The maximum absolute atomic E-state index is 12.8. The van der Waals surface area contributed by atoms with Gasteiger partial charge in [-0.3, -0.25) is 4.79 Å². The van der Waals surface area contributed by atoms with Crippen molar-refractivity contribution in [3.63, 3.8) is 0 Å². The van der Waals surface area contributed by atoms with Crippen LogP contribution in [0.3, 0.4) is 0 Å². The van der Waals surface area contributed by atoms with Gasteiger partial charge in [0.05, 0.1) is 0 Å². The predicted octanol–water partition coefficient (Wildman–Crippen LogP) is 4.15. The molecule has 0 bridgehead atoms. The summed E-state index contributed by atoms with van der Waals surface area (Å²) < 4.78 is 7.52. The Hall–Kier alpha value is -2.99. The van der Waals surface area contributed by atoms with Crippen LogP contribution in [0.2, 0.25) is 5.02 Å². The Balaban J connectivity index is 1.33. The second-order valence-corrected chi connectivity index (χ2v) is 7.97. The van der Waals surface area contributed by atoms with E-state index in [1.807, 2.05) is 55.1 Å². The zero-order valence-electron chi connectivity index (χ0n) is 17.2. The highest BCUT2D eigenvalue weighted by molar-refractivity contribution is 6.30. The van der Waals surface area contributed by atoms with Gasteiger partial charge in [0.15, 0.2) is 12.4 Å². The highest BCUT2D eigenvalue weighted by Crippen LogP contribution is 2.21. The lowest BCUT2D eigenvalue weighted by Crippen LogP contribution is -2.48. The Labute approximate surface area is 181 Å². The first-order chi connectivity index (χ1) is 14.5. The third kappa shape index (κ3) is 4.60. The topological polar surface area (TPSA) is 50.6 Å². The lowest BCUT2D eigenvalue weighted by atomic mass is 10.1. The number of carbonyl (C=O) groups is 1. The van der Waals surface area contributed by atoms with Crippen LogP contribution in [0.1, 0.15) is 21.6 Å². The summed E-state index contributed by atoms with van der Waals surface area (Å²) in [6.07, 6.45) is 1.78. The summed E-state index contributed by atoms with van der Waals surface area (Å²) in [5.74, 6) is 0.785. The molecule has 2 heterocycles. The van der Waals surface area contributed by atoms with Gasteiger partial charge in [-0.15, -0.1) is 0 Å². The molecule has 6 nitrogen and oxygen atoms in total. The number of carbonyl (C=O) groups excluding carboxylic acids is 1. The summed E-state index contributed by atoms with van der Waals surface area (Å²) in [5.41, 5.74) is 3.78. The first kappa shape index (κ1) is 20.3. The van der Waals surface area contributed by atoms with Crippen molar-refractivity contribution in [1.29, 1.82) is 0 Å². The van der Waals surface area contributed by atoms with Crippen LogP contribution < -0.4 is 9.64 Å². The molecule has 1 aliphatic heterocycles. The second kappa shape index (κ2) is 8.79. The number of hydrogen-bond donors (Lipinski definition) is 0. The van der Waals surface area contributed by atoms with E-state index in [9.17, 15) is 4.79 Å². The Morgan fingerprint density at radius 2 is 1.77 bits per heavy atom. The molecule has 156 valence electrons. The minimum atomic E-state index is -0.0451. The highest BCUT2D eigenvalue weighted by Gasteiger charge is 2.24.